The smallest absolute Gasteiger partial charge is 0.333 e. The van der Waals surface area contributed by atoms with E-state index in [1.165, 1.54) is 64.2 Å². The van der Waals surface area contributed by atoms with E-state index < -0.39 is 25.6 Å². The van der Waals surface area contributed by atoms with Gasteiger partial charge in [0, 0.05) is 12.6 Å². The fraction of sp³-hybridized carbons (Fsp3) is 0.594. The van der Waals surface area contributed by atoms with Crippen LogP contribution in [0.4, 0.5) is 0 Å². The van der Waals surface area contributed by atoms with E-state index in [0.717, 1.165) is 30.5 Å². The normalized spacial score (nSPS) is 12.2. The Labute approximate surface area is 245 Å². The fourth-order valence-electron chi connectivity index (χ4n) is 4.73. The first-order valence-corrected chi connectivity index (χ1v) is 17.0. The molecule has 41 heavy (non-hydrogen) atoms. The van der Waals surface area contributed by atoms with Crippen molar-refractivity contribution in [3.63, 3.8) is 0 Å². The molecule has 1 amide bonds. The van der Waals surface area contributed by atoms with Crippen molar-refractivity contribution in [2.24, 2.45) is 0 Å². The van der Waals surface area contributed by atoms with Gasteiger partial charge in [0.25, 0.3) is 0 Å². The molecule has 2 aromatic rings. The number of Topliss-reactive ketones (excluding diaryl/α,β-unsaturated/α-hetero) is 1. The van der Waals surface area contributed by atoms with Crippen LogP contribution < -0.4 is 10.1 Å². The van der Waals surface area contributed by atoms with Gasteiger partial charge >= 0.3 is 7.60 Å². The van der Waals surface area contributed by atoms with Crippen molar-refractivity contribution in [1.29, 1.82) is 0 Å². The fourth-order valence-corrected chi connectivity index (χ4v) is 5.35. The van der Waals surface area contributed by atoms with Crippen molar-refractivity contribution in [3.05, 3.63) is 59.9 Å². The molecular formula is C32H49N2O6P. The second-order valence-electron chi connectivity index (χ2n) is 10.9. The molecular weight excluding hydrogens is 539 g/mol. The van der Waals surface area contributed by atoms with Crippen molar-refractivity contribution < 1.29 is 28.7 Å². The second kappa shape index (κ2) is 20.4. The summed E-state index contributed by atoms with van der Waals surface area (Å²) < 4.78 is 17.2. The lowest BCUT2D eigenvalue weighted by Gasteiger charge is -2.18. The summed E-state index contributed by atoms with van der Waals surface area (Å²) in [6.07, 6.45) is 17.0. The Kier molecular flexibility index (Phi) is 17.2. The topological polar surface area (TPSA) is 126 Å². The maximum Gasteiger partial charge on any atom is 0.333 e. The van der Waals surface area contributed by atoms with Gasteiger partial charge in [-0.2, -0.15) is 0 Å². The molecule has 1 aromatic carbocycles. The molecule has 228 valence electrons. The van der Waals surface area contributed by atoms with Crippen molar-refractivity contribution >= 4 is 19.3 Å². The van der Waals surface area contributed by atoms with Gasteiger partial charge in [-0.3, -0.25) is 19.1 Å². The molecule has 2 rings (SSSR count). The third kappa shape index (κ3) is 17.1. The van der Waals surface area contributed by atoms with E-state index >= 15 is 0 Å². The highest BCUT2D eigenvalue weighted by Crippen LogP contribution is 2.34. The Morgan fingerprint density at radius 3 is 1.98 bits per heavy atom. The summed E-state index contributed by atoms with van der Waals surface area (Å²) in [7, 11) is -4.55. The number of nitrogens with zero attached hydrogens (tertiary/aromatic N) is 1. The van der Waals surface area contributed by atoms with Crippen LogP contribution in [0.15, 0.2) is 48.7 Å². The number of amides is 1. The van der Waals surface area contributed by atoms with E-state index in [1.807, 2.05) is 18.2 Å². The van der Waals surface area contributed by atoms with Crippen LogP contribution in [0.3, 0.4) is 0 Å². The van der Waals surface area contributed by atoms with Crippen LogP contribution in [-0.2, 0) is 27.2 Å². The summed E-state index contributed by atoms with van der Waals surface area (Å²) in [5.74, 6) is -0.316. The van der Waals surface area contributed by atoms with Crippen LogP contribution >= 0.6 is 7.60 Å². The average molecular weight is 589 g/mol. The molecule has 0 saturated heterocycles. The number of ether oxygens (including phenoxy) is 1. The van der Waals surface area contributed by atoms with Crippen LogP contribution in [0.5, 0.6) is 5.75 Å². The van der Waals surface area contributed by atoms with Crippen molar-refractivity contribution in [2.45, 2.75) is 116 Å². The standard InChI is InChI=1S/C32H49N2O6P/c1-2-3-4-5-6-7-8-9-10-11-12-13-14-18-32(36)34-30(31(35)26-41(37,38)39)24-27-19-21-29(22-20-27)40-25-28-17-15-16-23-33-28/h15-17,19-23,30H,2-14,18,24-26H2,1H3,(H,34,36)(H2,37,38,39)/t30-/m0/s1. The zero-order chi connectivity index (χ0) is 29.8. The number of pyridine rings is 1. The maximum atomic E-state index is 12.7. The van der Waals surface area contributed by atoms with Crippen molar-refractivity contribution in [3.8, 4) is 5.75 Å². The van der Waals surface area contributed by atoms with E-state index in [2.05, 4.69) is 17.2 Å². The first-order chi connectivity index (χ1) is 19.8. The Balaban J connectivity index is 1.72. The summed E-state index contributed by atoms with van der Waals surface area (Å²) in [4.78, 5) is 48.1. The van der Waals surface area contributed by atoms with E-state index in [4.69, 9.17) is 4.74 Å². The zero-order valence-corrected chi connectivity index (χ0v) is 25.5. The lowest BCUT2D eigenvalue weighted by atomic mass is 10.0. The average Bonchev–Trinajstić information content (AvgIpc) is 2.94. The quantitative estimate of drug-likeness (QED) is 0.0951. The van der Waals surface area contributed by atoms with Gasteiger partial charge < -0.3 is 19.8 Å². The maximum absolute atomic E-state index is 12.7. The van der Waals surface area contributed by atoms with Gasteiger partial charge in [-0.25, -0.2) is 0 Å². The van der Waals surface area contributed by atoms with E-state index in [9.17, 15) is 23.9 Å². The van der Waals surface area contributed by atoms with Gasteiger partial charge in [-0.15, -0.1) is 0 Å². The summed E-state index contributed by atoms with van der Waals surface area (Å²) in [5, 5.41) is 2.72. The first kappa shape index (κ1) is 34.7. The van der Waals surface area contributed by atoms with Crippen LogP contribution in [0, 0.1) is 0 Å². The van der Waals surface area contributed by atoms with Crippen LogP contribution in [-0.4, -0.2) is 38.7 Å². The summed E-state index contributed by atoms with van der Waals surface area (Å²) in [5.41, 5.74) is 1.55. The molecule has 3 N–H and O–H groups in total. The molecule has 1 aromatic heterocycles. The lowest BCUT2D eigenvalue weighted by Crippen LogP contribution is -2.43. The Morgan fingerprint density at radius 1 is 0.854 bits per heavy atom. The monoisotopic (exact) mass is 588 g/mol. The van der Waals surface area contributed by atoms with Crippen molar-refractivity contribution in [2.75, 3.05) is 6.16 Å². The van der Waals surface area contributed by atoms with E-state index in [0.29, 0.717) is 12.4 Å². The highest BCUT2D eigenvalue weighted by Gasteiger charge is 2.27. The SMILES string of the molecule is CCCCCCCCCCCCCCCC(=O)N[C@@H](Cc1ccc(OCc2ccccn2)cc1)C(=O)CP(=O)(O)O. The summed E-state index contributed by atoms with van der Waals surface area (Å²) in [6.45, 7) is 2.56. The predicted octanol–water partition coefficient (Wildman–Crippen LogP) is 6.92. The van der Waals surface area contributed by atoms with Crippen LogP contribution in [0.1, 0.15) is 108 Å². The van der Waals surface area contributed by atoms with Gasteiger partial charge in [-0.1, -0.05) is 102 Å². The van der Waals surface area contributed by atoms with Gasteiger partial charge in [0.2, 0.25) is 5.91 Å². The molecule has 0 aliphatic rings. The number of benzene rings is 1. The second-order valence-corrected chi connectivity index (χ2v) is 12.5. The van der Waals surface area contributed by atoms with Crippen LogP contribution in [0.2, 0.25) is 0 Å². The van der Waals surface area contributed by atoms with E-state index in [1.54, 1.807) is 30.5 Å². The third-order valence-electron chi connectivity index (χ3n) is 7.07. The zero-order valence-electron chi connectivity index (χ0n) is 24.6. The number of aromatic nitrogens is 1. The molecule has 0 aliphatic carbocycles. The molecule has 0 fully saturated rings. The Morgan fingerprint density at radius 2 is 1.44 bits per heavy atom. The summed E-state index contributed by atoms with van der Waals surface area (Å²) >= 11 is 0. The number of carbonyl (C=O) groups is 2. The minimum atomic E-state index is -4.55. The molecule has 0 spiro atoms. The molecule has 1 atom stereocenters. The number of ketones is 1. The number of hydrogen-bond acceptors (Lipinski definition) is 5. The van der Waals surface area contributed by atoms with Gasteiger partial charge in [0.15, 0.2) is 5.78 Å². The summed E-state index contributed by atoms with van der Waals surface area (Å²) in [6, 6.07) is 11.7. The third-order valence-corrected chi connectivity index (χ3v) is 7.79. The van der Waals surface area contributed by atoms with Crippen molar-refractivity contribution in [1.82, 2.24) is 10.3 Å². The number of unbranched alkanes of at least 4 members (excludes halogenated alkanes) is 12. The largest absolute Gasteiger partial charge is 0.487 e. The van der Waals surface area contributed by atoms with E-state index in [-0.39, 0.29) is 18.7 Å². The molecule has 0 saturated carbocycles. The van der Waals surface area contributed by atoms with Crippen LogP contribution in [0.25, 0.3) is 0 Å². The number of carbonyl (C=O) groups excluding carboxylic acids is 2. The number of rotatable bonds is 23. The molecule has 0 bridgehead atoms. The minimum Gasteiger partial charge on any atom is -0.487 e. The Bertz CT molecular complexity index is 1040. The number of hydrogen-bond donors (Lipinski definition) is 3. The molecule has 0 aliphatic heterocycles. The highest BCUT2D eigenvalue weighted by atomic mass is 31.2. The molecule has 9 heteroatoms. The van der Waals surface area contributed by atoms with Gasteiger partial charge in [-0.05, 0) is 42.7 Å². The highest BCUT2D eigenvalue weighted by molar-refractivity contribution is 7.52. The van der Waals surface area contributed by atoms with Gasteiger partial charge in [0.05, 0.1) is 11.7 Å². The molecule has 1 heterocycles. The first-order valence-electron chi connectivity index (χ1n) is 15.2. The number of nitrogens with one attached hydrogen (secondary N) is 1. The van der Waals surface area contributed by atoms with Gasteiger partial charge in [0.1, 0.15) is 18.5 Å². The molecule has 0 radical (unpaired) electrons. The Hall–Kier alpha value is -2.54. The minimum absolute atomic E-state index is 0.143. The lowest BCUT2D eigenvalue weighted by molar-refractivity contribution is -0.126. The molecule has 0 unspecified atom stereocenters. The predicted molar refractivity (Wildman–Crippen MR) is 163 cm³/mol. The molecule has 8 nitrogen and oxygen atoms in total.